The molecule has 118 valence electrons. The number of esters is 1. The quantitative estimate of drug-likeness (QED) is 0.820. The van der Waals surface area contributed by atoms with E-state index in [9.17, 15) is 9.59 Å². The highest BCUT2D eigenvalue weighted by Crippen LogP contribution is 2.25. The van der Waals surface area contributed by atoms with Gasteiger partial charge in [-0.2, -0.15) is 0 Å². The lowest BCUT2D eigenvalue weighted by Crippen LogP contribution is -2.24. The van der Waals surface area contributed by atoms with Gasteiger partial charge in [-0.1, -0.05) is 23.8 Å². The van der Waals surface area contributed by atoms with Crippen LogP contribution in [0.15, 0.2) is 23.8 Å². The number of para-hydroxylation sites is 1. The number of allylic oxidation sites excluding steroid dienone is 1. The standard InChI is InChI=1S/C17H22N2O3/c1-12(5-3-8-15(20)22-2)11-13-6-4-7-14-16(13)18-9-10-19-17(14)21/h4,6-7,11,18H,3,5,8-10H2,1-2H3,(H,19,21). The smallest absolute Gasteiger partial charge is 0.305 e. The predicted molar refractivity (Wildman–Crippen MR) is 86.8 cm³/mol. The second-order valence-corrected chi connectivity index (χ2v) is 5.37. The van der Waals surface area contributed by atoms with Crippen LogP contribution in [-0.2, 0) is 9.53 Å². The van der Waals surface area contributed by atoms with E-state index >= 15 is 0 Å². The van der Waals surface area contributed by atoms with E-state index in [2.05, 4.69) is 21.4 Å². The van der Waals surface area contributed by atoms with Crippen molar-refractivity contribution >= 4 is 23.6 Å². The van der Waals surface area contributed by atoms with Gasteiger partial charge in [0.15, 0.2) is 0 Å². The Balaban J connectivity index is 2.12. The van der Waals surface area contributed by atoms with Gasteiger partial charge in [-0.15, -0.1) is 0 Å². The third-order valence-electron chi connectivity index (χ3n) is 3.64. The van der Waals surface area contributed by atoms with Crippen molar-refractivity contribution in [2.75, 3.05) is 25.5 Å². The fourth-order valence-electron chi connectivity index (χ4n) is 2.49. The van der Waals surface area contributed by atoms with E-state index < -0.39 is 0 Å². The second-order valence-electron chi connectivity index (χ2n) is 5.37. The minimum absolute atomic E-state index is 0.0430. The lowest BCUT2D eigenvalue weighted by atomic mass is 10.0. The number of hydrogen-bond acceptors (Lipinski definition) is 4. The number of carbonyl (C=O) groups is 2. The second kappa shape index (κ2) is 7.64. The Hall–Kier alpha value is -2.30. The third kappa shape index (κ3) is 4.10. The van der Waals surface area contributed by atoms with Gasteiger partial charge in [-0.25, -0.2) is 0 Å². The molecule has 0 bridgehead atoms. The van der Waals surface area contributed by atoms with Gasteiger partial charge < -0.3 is 15.4 Å². The topological polar surface area (TPSA) is 67.4 Å². The summed E-state index contributed by atoms with van der Waals surface area (Å²) in [5.41, 5.74) is 3.73. The molecule has 1 aliphatic rings. The maximum Gasteiger partial charge on any atom is 0.305 e. The number of methoxy groups -OCH3 is 1. The van der Waals surface area contributed by atoms with Crippen LogP contribution in [0.25, 0.3) is 6.08 Å². The Bertz CT molecular complexity index is 594. The molecule has 2 rings (SSSR count). The molecule has 1 aliphatic heterocycles. The molecule has 1 aromatic carbocycles. The van der Waals surface area contributed by atoms with Gasteiger partial charge >= 0.3 is 5.97 Å². The fourth-order valence-corrected chi connectivity index (χ4v) is 2.49. The van der Waals surface area contributed by atoms with Crippen molar-refractivity contribution in [1.29, 1.82) is 0 Å². The molecular formula is C17H22N2O3. The van der Waals surface area contributed by atoms with E-state index in [-0.39, 0.29) is 11.9 Å². The minimum Gasteiger partial charge on any atom is -0.469 e. The molecule has 2 N–H and O–H groups in total. The number of ether oxygens (including phenoxy) is 1. The number of carbonyl (C=O) groups excluding carboxylic acids is 2. The van der Waals surface area contributed by atoms with Crippen LogP contribution in [0.5, 0.6) is 0 Å². The first-order chi connectivity index (χ1) is 10.6. The monoisotopic (exact) mass is 302 g/mol. The molecule has 0 saturated heterocycles. The van der Waals surface area contributed by atoms with Crippen LogP contribution in [-0.4, -0.2) is 32.1 Å². The molecule has 1 amide bonds. The highest BCUT2D eigenvalue weighted by Gasteiger charge is 2.16. The number of nitrogens with one attached hydrogen (secondary N) is 2. The largest absolute Gasteiger partial charge is 0.469 e. The summed E-state index contributed by atoms with van der Waals surface area (Å²) in [6.07, 6.45) is 4.08. The Kier molecular flexibility index (Phi) is 5.58. The van der Waals surface area contributed by atoms with Gasteiger partial charge in [0.1, 0.15) is 0 Å². The molecule has 1 aromatic rings. The van der Waals surface area contributed by atoms with Gasteiger partial charge in [0.05, 0.1) is 18.4 Å². The Morgan fingerprint density at radius 1 is 1.27 bits per heavy atom. The molecule has 0 atom stereocenters. The molecule has 0 aromatic heterocycles. The molecular weight excluding hydrogens is 280 g/mol. The fraction of sp³-hybridized carbons (Fsp3) is 0.412. The van der Waals surface area contributed by atoms with Crippen molar-refractivity contribution in [1.82, 2.24) is 5.32 Å². The number of fused-ring (bicyclic) bond motifs is 1. The van der Waals surface area contributed by atoms with Crippen molar-refractivity contribution in [3.05, 3.63) is 34.9 Å². The van der Waals surface area contributed by atoms with E-state index in [0.29, 0.717) is 25.1 Å². The first-order valence-corrected chi connectivity index (χ1v) is 7.51. The number of benzene rings is 1. The third-order valence-corrected chi connectivity index (χ3v) is 3.64. The predicted octanol–water partition coefficient (Wildman–Crippen LogP) is 2.59. The van der Waals surface area contributed by atoms with Crippen LogP contribution in [0.4, 0.5) is 5.69 Å². The van der Waals surface area contributed by atoms with E-state index in [4.69, 9.17) is 0 Å². The Labute approximate surface area is 130 Å². The summed E-state index contributed by atoms with van der Waals surface area (Å²) < 4.78 is 4.64. The summed E-state index contributed by atoms with van der Waals surface area (Å²) in [6, 6.07) is 5.71. The summed E-state index contributed by atoms with van der Waals surface area (Å²) in [5, 5.41) is 6.17. The van der Waals surface area contributed by atoms with Gasteiger partial charge in [0.25, 0.3) is 5.91 Å². The SMILES string of the molecule is COC(=O)CCCC(C)=Cc1cccc2c1NCCNC2=O. The molecule has 5 nitrogen and oxygen atoms in total. The van der Waals surface area contributed by atoms with Gasteiger partial charge in [0, 0.05) is 19.5 Å². The molecule has 0 radical (unpaired) electrons. The molecule has 0 spiro atoms. The van der Waals surface area contributed by atoms with Crippen molar-refractivity contribution in [3.63, 3.8) is 0 Å². The highest BCUT2D eigenvalue weighted by molar-refractivity contribution is 6.02. The van der Waals surface area contributed by atoms with Crippen LogP contribution in [0.2, 0.25) is 0 Å². The average Bonchev–Trinajstić information content (AvgIpc) is 2.70. The van der Waals surface area contributed by atoms with Gasteiger partial charge in [-0.3, -0.25) is 9.59 Å². The molecule has 0 fully saturated rings. The van der Waals surface area contributed by atoms with Crippen molar-refractivity contribution < 1.29 is 14.3 Å². The van der Waals surface area contributed by atoms with Crippen LogP contribution in [0, 0.1) is 0 Å². The molecule has 5 heteroatoms. The molecule has 0 unspecified atom stereocenters. The highest BCUT2D eigenvalue weighted by atomic mass is 16.5. The number of hydrogen-bond donors (Lipinski definition) is 2. The zero-order valence-electron chi connectivity index (χ0n) is 13.1. The zero-order valence-corrected chi connectivity index (χ0v) is 13.1. The lowest BCUT2D eigenvalue weighted by Gasteiger charge is -2.11. The maximum atomic E-state index is 12.0. The van der Waals surface area contributed by atoms with Crippen LogP contribution >= 0.6 is 0 Å². The van der Waals surface area contributed by atoms with Crippen LogP contribution in [0.1, 0.15) is 42.1 Å². The van der Waals surface area contributed by atoms with Crippen molar-refractivity contribution in [3.8, 4) is 0 Å². The molecule has 0 aliphatic carbocycles. The molecule has 22 heavy (non-hydrogen) atoms. The Morgan fingerprint density at radius 3 is 2.82 bits per heavy atom. The number of amides is 1. The molecule has 1 heterocycles. The van der Waals surface area contributed by atoms with E-state index in [1.807, 2.05) is 25.1 Å². The first-order valence-electron chi connectivity index (χ1n) is 7.51. The van der Waals surface area contributed by atoms with Crippen LogP contribution < -0.4 is 10.6 Å². The van der Waals surface area contributed by atoms with Gasteiger partial charge in [0.2, 0.25) is 0 Å². The maximum absolute atomic E-state index is 12.0. The van der Waals surface area contributed by atoms with Crippen LogP contribution in [0.3, 0.4) is 0 Å². The van der Waals surface area contributed by atoms with Gasteiger partial charge in [-0.05, 0) is 31.4 Å². The number of rotatable bonds is 5. The molecule has 0 saturated carbocycles. The summed E-state index contributed by atoms with van der Waals surface area (Å²) in [7, 11) is 1.40. The van der Waals surface area contributed by atoms with E-state index in [1.165, 1.54) is 12.7 Å². The summed E-state index contributed by atoms with van der Waals surface area (Å²) in [6.45, 7) is 3.37. The first kappa shape index (κ1) is 16.1. The Morgan fingerprint density at radius 2 is 2.05 bits per heavy atom. The van der Waals surface area contributed by atoms with Crippen molar-refractivity contribution in [2.45, 2.75) is 26.2 Å². The number of anilines is 1. The summed E-state index contributed by atoms with van der Waals surface area (Å²) >= 11 is 0. The summed E-state index contributed by atoms with van der Waals surface area (Å²) in [4.78, 5) is 23.1. The zero-order chi connectivity index (χ0) is 15.9. The average molecular weight is 302 g/mol. The van der Waals surface area contributed by atoms with E-state index in [0.717, 1.165) is 24.1 Å². The minimum atomic E-state index is -0.181. The normalized spacial score (nSPS) is 14.5. The van der Waals surface area contributed by atoms with E-state index in [1.54, 1.807) is 0 Å². The lowest BCUT2D eigenvalue weighted by molar-refractivity contribution is -0.140. The van der Waals surface area contributed by atoms with Crippen molar-refractivity contribution in [2.24, 2.45) is 0 Å². The summed E-state index contributed by atoms with van der Waals surface area (Å²) in [5.74, 6) is -0.224.